The van der Waals surface area contributed by atoms with Crippen molar-refractivity contribution in [3.8, 4) is 5.69 Å². The van der Waals surface area contributed by atoms with Gasteiger partial charge in [0.2, 0.25) is 0 Å². The van der Waals surface area contributed by atoms with Gasteiger partial charge in [0.25, 0.3) is 5.56 Å². The topological polar surface area (TPSA) is 66.0 Å². The van der Waals surface area contributed by atoms with Crippen molar-refractivity contribution in [3.63, 3.8) is 0 Å². The quantitative estimate of drug-likeness (QED) is 0.684. The van der Waals surface area contributed by atoms with Gasteiger partial charge in [-0.1, -0.05) is 18.2 Å². The number of anilines is 1. The van der Waals surface area contributed by atoms with Gasteiger partial charge >= 0.3 is 0 Å². The summed E-state index contributed by atoms with van der Waals surface area (Å²) in [5.41, 5.74) is 4.98. The van der Waals surface area contributed by atoms with Crippen LogP contribution in [0.3, 0.4) is 0 Å². The average molecular weight is 379 g/mol. The normalized spacial score (nSPS) is 13.9. The zero-order chi connectivity index (χ0) is 19.0. The molecule has 138 valence electrons. The molecule has 0 spiro atoms. The maximum atomic E-state index is 12.6. The summed E-state index contributed by atoms with van der Waals surface area (Å²) in [7, 11) is 0. The summed E-state index contributed by atoms with van der Waals surface area (Å²) in [6.45, 7) is 6.04. The Bertz CT molecular complexity index is 1100. The predicted molar refractivity (Wildman–Crippen MR) is 109 cm³/mol. The van der Waals surface area contributed by atoms with Crippen LogP contribution >= 0.6 is 12.2 Å². The number of H-pyrrole nitrogens is 1. The molecule has 0 amide bonds. The minimum atomic E-state index is -0.139. The van der Waals surface area contributed by atoms with Gasteiger partial charge in [-0.3, -0.25) is 24.2 Å². The first-order valence-corrected chi connectivity index (χ1v) is 9.25. The molecule has 1 aromatic carbocycles. The van der Waals surface area contributed by atoms with Crippen LogP contribution in [-0.2, 0) is 13.1 Å². The maximum Gasteiger partial charge on any atom is 0.258 e. The van der Waals surface area contributed by atoms with E-state index in [1.807, 2.05) is 35.0 Å². The molecule has 2 N–H and O–H groups in total. The third-order valence-electron chi connectivity index (χ3n) is 5.00. The van der Waals surface area contributed by atoms with Crippen LogP contribution in [0.25, 0.3) is 5.69 Å². The van der Waals surface area contributed by atoms with Gasteiger partial charge in [0.1, 0.15) is 5.82 Å². The molecule has 3 heterocycles. The standard InChI is InChI=1S/C20H21N5OS/c1-13-5-3-7-17(14(13)2)25-18-16(19(26)23-20(25)27)11-24(12-22-18)10-15-6-4-8-21-9-15/h3-9,22H,10-12H2,1-2H3,(H,23,26,27). The van der Waals surface area contributed by atoms with Crippen LogP contribution in [0.15, 0.2) is 47.5 Å². The summed E-state index contributed by atoms with van der Waals surface area (Å²) in [5.74, 6) is 0.778. The van der Waals surface area contributed by atoms with E-state index in [4.69, 9.17) is 12.2 Å². The van der Waals surface area contributed by atoms with Gasteiger partial charge in [-0.05, 0) is 54.9 Å². The van der Waals surface area contributed by atoms with Crippen LogP contribution in [0.1, 0.15) is 22.3 Å². The Balaban J connectivity index is 1.76. The molecular weight excluding hydrogens is 358 g/mol. The molecular formula is C20H21N5OS. The number of pyridine rings is 1. The number of aromatic nitrogens is 3. The molecule has 7 heteroatoms. The molecule has 0 saturated heterocycles. The number of aromatic amines is 1. The Morgan fingerprint density at radius 3 is 2.85 bits per heavy atom. The molecule has 1 aliphatic rings. The molecule has 0 atom stereocenters. The number of hydrogen-bond acceptors (Lipinski definition) is 5. The highest BCUT2D eigenvalue weighted by Gasteiger charge is 2.23. The van der Waals surface area contributed by atoms with E-state index >= 15 is 0 Å². The van der Waals surface area contributed by atoms with E-state index in [9.17, 15) is 4.79 Å². The zero-order valence-corrected chi connectivity index (χ0v) is 16.1. The van der Waals surface area contributed by atoms with Gasteiger partial charge in [-0.2, -0.15) is 0 Å². The predicted octanol–water partition coefficient (Wildman–Crippen LogP) is 3.29. The van der Waals surface area contributed by atoms with E-state index in [0.717, 1.165) is 29.2 Å². The van der Waals surface area contributed by atoms with Crippen molar-refractivity contribution in [3.05, 3.63) is 80.1 Å². The third-order valence-corrected chi connectivity index (χ3v) is 5.29. The number of benzene rings is 1. The monoisotopic (exact) mass is 379 g/mol. The Labute approximate surface area is 162 Å². The molecule has 6 nitrogen and oxygen atoms in total. The fourth-order valence-corrected chi connectivity index (χ4v) is 3.72. The van der Waals surface area contributed by atoms with E-state index in [0.29, 0.717) is 23.5 Å². The molecule has 0 bridgehead atoms. The number of fused-ring (bicyclic) bond motifs is 1. The minimum Gasteiger partial charge on any atom is -0.358 e. The second-order valence-electron chi connectivity index (χ2n) is 6.82. The van der Waals surface area contributed by atoms with E-state index in [1.54, 1.807) is 6.20 Å². The first-order valence-electron chi connectivity index (χ1n) is 8.84. The van der Waals surface area contributed by atoms with Crippen LogP contribution in [0.4, 0.5) is 5.82 Å². The summed E-state index contributed by atoms with van der Waals surface area (Å²) >= 11 is 5.49. The second-order valence-corrected chi connectivity index (χ2v) is 7.21. The first kappa shape index (κ1) is 17.6. The lowest BCUT2D eigenvalue weighted by Crippen LogP contribution is -2.38. The van der Waals surface area contributed by atoms with Crippen LogP contribution < -0.4 is 10.9 Å². The van der Waals surface area contributed by atoms with Crippen LogP contribution in [0.5, 0.6) is 0 Å². The van der Waals surface area contributed by atoms with Gasteiger partial charge < -0.3 is 5.32 Å². The Morgan fingerprint density at radius 2 is 2.07 bits per heavy atom. The van der Waals surface area contributed by atoms with Crippen molar-refractivity contribution in [1.82, 2.24) is 19.4 Å². The van der Waals surface area contributed by atoms with E-state index in [2.05, 4.69) is 40.1 Å². The molecule has 4 rings (SSSR count). The van der Waals surface area contributed by atoms with Crippen LogP contribution in [-0.4, -0.2) is 26.1 Å². The molecule has 3 aromatic rings. The van der Waals surface area contributed by atoms with Gasteiger partial charge in [-0.15, -0.1) is 0 Å². The highest BCUT2D eigenvalue weighted by Crippen LogP contribution is 2.26. The van der Waals surface area contributed by atoms with Crippen molar-refractivity contribution in [2.24, 2.45) is 0 Å². The summed E-state index contributed by atoms with van der Waals surface area (Å²) in [4.78, 5) is 21.8. The highest BCUT2D eigenvalue weighted by atomic mass is 32.1. The fourth-order valence-electron chi connectivity index (χ4n) is 3.44. The fraction of sp³-hybridized carbons (Fsp3) is 0.250. The number of rotatable bonds is 3. The molecule has 0 saturated carbocycles. The summed E-state index contributed by atoms with van der Waals surface area (Å²) in [6, 6.07) is 10.1. The molecule has 0 aliphatic carbocycles. The second kappa shape index (κ2) is 7.09. The SMILES string of the molecule is Cc1cccc(-n2c3c(c(=O)[nH]c2=S)CN(Cc2cccnc2)CN3)c1C. The molecule has 2 aromatic heterocycles. The van der Waals surface area contributed by atoms with Crippen molar-refractivity contribution < 1.29 is 0 Å². The summed E-state index contributed by atoms with van der Waals surface area (Å²) in [5, 5.41) is 3.41. The van der Waals surface area contributed by atoms with Crippen molar-refractivity contribution in [2.45, 2.75) is 26.9 Å². The lowest BCUT2D eigenvalue weighted by Gasteiger charge is -2.31. The molecule has 0 fully saturated rings. The largest absolute Gasteiger partial charge is 0.358 e. The maximum absolute atomic E-state index is 12.6. The van der Waals surface area contributed by atoms with Gasteiger partial charge in [-0.25, -0.2) is 0 Å². The number of hydrogen-bond donors (Lipinski definition) is 2. The first-order chi connectivity index (χ1) is 13.0. The molecule has 1 aliphatic heterocycles. The Kier molecular flexibility index (Phi) is 4.63. The average Bonchev–Trinajstić information content (AvgIpc) is 2.66. The van der Waals surface area contributed by atoms with Crippen LogP contribution in [0.2, 0.25) is 0 Å². The lowest BCUT2D eigenvalue weighted by atomic mass is 10.1. The third kappa shape index (κ3) is 3.31. The molecule has 0 unspecified atom stereocenters. The number of nitrogens with zero attached hydrogens (tertiary/aromatic N) is 3. The van der Waals surface area contributed by atoms with E-state index < -0.39 is 0 Å². The molecule has 27 heavy (non-hydrogen) atoms. The van der Waals surface area contributed by atoms with Gasteiger partial charge in [0.05, 0.1) is 17.9 Å². The summed E-state index contributed by atoms with van der Waals surface area (Å²) < 4.78 is 2.34. The van der Waals surface area contributed by atoms with Crippen molar-refractivity contribution in [2.75, 3.05) is 12.0 Å². The lowest BCUT2D eigenvalue weighted by molar-refractivity contribution is 0.263. The zero-order valence-electron chi connectivity index (χ0n) is 15.3. The Hall–Kier alpha value is -2.77. The van der Waals surface area contributed by atoms with Crippen molar-refractivity contribution in [1.29, 1.82) is 0 Å². The van der Waals surface area contributed by atoms with E-state index in [-0.39, 0.29) is 5.56 Å². The minimum absolute atomic E-state index is 0.139. The van der Waals surface area contributed by atoms with Gasteiger partial charge in [0, 0.05) is 25.5 Å². The smallest absolute Gasteiger partial charge is 0.258 e. The van der Waals surface area contributed by atoms with Crippen LogP contribution in [0, 0.1) is 18.6 Å². The Morgan fingerprint density at radius 1 is 1.22 bits per heavy atom. The summed E-state index contributed by atoms with van der Waals surface area (Å²) in [6.07, 6.45) is 3.61. The van der Waals surface area contributed by atoms with E-state index in [1.165, 1.54) is 5.56 Å². The molecule has 0 radical (unpaired) electrons. The van der Waals surface area contributed by atoms with Crippen molar-refractivity contribution >= 4 is 18.0 Å². The highest BCUT2D eigenvalue weighted by molar-refractivity contribution is 7.71. The number of nitrogens with one attached hydrogen (secondary N) is 2. The number of aryl methyl sites for hydroxylation is 1. The van der Waals surface area contributed by atoms with Gasteiger partial charge in [0.15, 0.2) is 4.77 Å².